The van der Waals surface area contributed by atoms with Crippen LogP contribution in [0.1, 0.15) is 11.4 Å². The second kappa shape index (κ2) is 9.02. The molecular weight excluding hydrogens is 521 g/mol. The Bertz CT molecular complexity index is 1780. The van der Waals surface area contributed by atoms with Crippen molar-refractivity contribution in [1.29, 1.82) is 0 Å². The molecule has 2 aromatic carbocycles. The Morgan fingerprint density at radius 2 is 1.75 bits per heavy atom. The lowest BCUT2D eigenvalue weighted by atomic mass is 9.78. The summed E-state index contributed by atoms with van der Waals surface area (Å²) in [5.41, 5.74) is 1.66. The molecule has 11 heteroatoms. The molecule has 0 aliphatic carbocycles. The quantitative estimate of drug-likeness (QED) is 0.323. The van der Waals surface area contributed by atoms with Gasteiger partial charge in [0.1, 0.15) is 17.3 Å². The predicted molar refractivity (Wildman–Crippen MR) is 142 cm³/mol. The highest BCUT2D eigenvalue weighted by molar-refractivity contribution is 5.94. The molecule has 3 aromatic heterocycles. The van der Waals surface area contributed by atoms with E-state index in [1.165, 1.54) is 22.8 Å². The van der Waals surface area contributed by atoms with Gasteiger partial charge < -0.3 is 14.2 Å². The average Bonchev–Trinajstić information content (AvgIpc) is 3.28. The first-order chi connectivity index (χ1) is 19.3. The summed E-state index contributed by atoms with van der Waals surface area (Å²) in [5, 5.41) is 5.47. The molecule has 0 bridgehead atoms. The van der Waals surface area contributed by atoms with Gasteiger partial charge in [-0.25, -0.2) is 14.6 Å². The molecule has 0 unspecified atom stereocenters. The number of aromatic nitrogens is 5. The zero-order valence-electron chi connectivity index (χ0n) is 21.2. The molecule has 0 radical (unpaired) electrons. The summed E-state index contributed by atoms with van der Waals surface area (Å²) in [5.74, 6) is 1.38. The van der Waals surface area contributed by atoms with Crippen LogP contribution >= 0.6 is 0 Å². The Morgan fingerprint density at radius 1 is 0.975 bits per heavy atom. The van der Waals surface area contributed by atoms with Gasteiger partial charge in [0, 0.05) is 42.5 Å². The topological polar surface area (TPSA) is 78.1 Å². The number of ether oxygens (including phenoxy) is 1. The fourth-order valence-corrected chi connectivity index (χ4v) is 5.35. The van der Waals surface area contributed by atoms with E-state index in [2.05, 4.69) is 14.9 Å². The average molecular weight is 545 g/mol. The van der Waals surface area contributed by atoms with Crippen LogP contribution in [-0.4, -0.2) is 50.6 Å². The normalized spacial score (nSPS) is 16.2. The fourth-order valence-electron chi connectivity index (χ4n) is 5.35. The number of alkyl halides is 3. The summed E-state index contributed by atoms with van der Waals surface area (Å²) in [7, 11) is 0. The zero-order valence-corrected chi connectivity index (χ0v) is 21.2. The van der Waals surface area contributed by atoms with Gasteiger partial charge in [-0.05, 0) is 42.5 Å². The number of pyridine rings is 1. The van der Waals surface area contributed by atoms with E-state index < -0.39 is 11.7 Å². The Balaban J connectivity index is 1.16. The lowest BCUT2D eigenvalue weighted by molar-refractivity contribution is -0.137. The molecule has 0 N–H and O–H groups in total. The molecule has 2 fully saturated rings. The van der Waals surface area contributed by atoms with E-state index in [0.29, 0.717) is 28.3 Å². The lowest BCUT2D eigenvalue weighted by Gasteiger charge is -2.55. The molecule has 5 heterocycles. The second-order valence-electron chi connectivity index (χ2n) is 10.4. The van der Waals surface area contributed by atoms with E-state index in [4.69, 9.17) is 9.84 Å². The minimum atomic E-state index is -4.42. The monoisotopic (exact) mass is 544 g/mol. The van der Waals surface area contributed by atoms with E-state index in [1.54, 1.807) is 23.1 Å². The van der Waals surface area contributed by atoms with Crippen LogP contribution in [0.25, 0.3) is 27.8 Å². The molecule has 7 rings (SSSR count). The number of fused-ring (bicyclic) bond motifs is 1. The number of benzene rings is 2. The van der Waals surface area contributed by atoms with Crippen LogP contribution in [0.15, 0.2) is 83.9 Å². The van der Waals surface area contributed by atoms with Crippen LogP contribution in [0.3, 0.4) is 0 Å². The minimum Gasteiger partial charge on any atom is -0.380 e. The minimum absolute atomic E-state index is 0.218. The molecule has 2 saturated heterocycles. The molecule has 5 aromatic rings. The van der Waals surface area contributed by atoms with Crippen molar-refractivity contribution in [3.8, 4) is 16.9 Å². The van der Waals surface area contributed by atoms with Crippen LogP contribution in [0.5, 0.6) is 0 Å². The highest BCUT2D eigenvalue weighted by Crippen LogP contribution is 2.39. The maximum absolute atomic E-state index is 13.1. The van der Waals surface area contributed by atoms with E-state index in [-0.39, 0.29) is 17.5 Å². The maximum atomic E-state index is 13.1. The Kier molecular flexibility index (Phi) is 5.53. The molecular formula is C29H23F3N6O2. The summed E-state index contributed by atoms with van der Waals surface area (Å²) in [6, 6.07) is 17.4. The first-order valence-electron chi connectivity index (χ1n) is 12.8. The largest absolute Gasteiger partial charge is 0.416 e. The van der Waals surface area contributed by atoms with Gasteiger partial charge in [-0.15, -0.1) is 0 Å². The number of halogens is 3. The van der Waals surface area contributed by atoms with Gasteiger partial charge in [0.25, 0.3) is 5.56 Å². The molecule has 1 spiro atoms. The molecule has 0 saturated carbocycles. The Morgan fingerprint density at radius 3 is 2.45 bits per heavy atom. The van der Waals surface area contributed by atoms with E-state index in [1.807, 2.05) is 30.3 Å². The first-order valence-corrected chi connectivity index (χ1v) is 12.8. The van der Waals surface area contributed by atoms with Crippen LogP contribution < -0.4 is 10.5 Å². The van der Waals surface area contributed by atoms with Gasteiger partial charge in [0.2, 0.25) is 0 Å². The Labute approximate surface area is 226 Å². The highest BCUT2D eigenvalue weighted by Gasteiger charge is 2.49. The van der Waals surface area contributed by atoms with Crippen LogP contribution in [0, 0.1) is 5.41 Å². The molecule has 8 nitrogen and oxygen atoms in total. The SMILES string of the molecule is O=c1cc(-c2nn(-c3ccc(C(F)(F)F)cc3)c3ccccc23)ccn1Cc1nccc(N2CC3(COC3)C2)n1. The third-order valence-corrected chi connectivity index (χ3v) is 7.49. The summed E-state index contributed by atoms with van der Waals surface area (Å²) in [4.78, 5) is 24.3. The van der Waals surface area contributed by atoms with Gasteiger partial charge in [-0.3, -0.25) is 4.79 Å². The molecule has 2 aliphatic rings. The summed E-state index contributed by atoms with van der Waals surface area (Å²) in [6.07, 6.45) is -1.03. The first kappa shape index (κ1) is 24.5. The number of nitrogens with zero attached hydrogens (tertiary/aromatic N) is 6. The lowest BCUT2D eigenvalue weighted by Crippen LogP contribution is -2.66. The van der Waals surface area contributed by atoms with Gasteiger partial charge in [0.05, 0.1) is 41.9 Å². The fraction of sp³-hybridized carbons (Fsp3) is 0.241. The highest BCUT2D eigenvalue weighted by atomic mass is 19.4. The van der Waals surface area contributed by atoms with Gasteiger partial charge in [0.15, 0.2) is 0 Å². The molecule has 2 aliphatic heterocycles. The summed E-state index contributed by atoms with van der Waals surface area (Å²) in [6.45, 7) is 3.62. The summed E-state index contributed by atoms with van der Waals surface area (Å²) >= 11 is 0. The predicted octanol–water partition coefficient (Wildman–Crippen LogP) is 4.55. The smallest absolute Gasteiger partial charge is 0.380 e. The molecule has 0 amide bonds. The van der Waals surface area contributed by atoms with Crippen molar-refractivity contribution in [2.24, 2.45) is 5.41 Å². The van der Waals surface area contributed by atoms with Crippen molar-refractivity contribution < 1.29 is 17.9 Å². The standard InChI is InChI=1S/C29H23F3N6O2/c30-29(31,32)20-5-7-21(8-6-20)38-23-4-2-1-3-22(23)27(35-38)19-10-12-36(26(39)13-19)14-24-33-11-9-25(34-24)37-15-28(16-37)17-40-18-28/h1-13H,14-18H2. The van der Waals surface area contributed by atoms with Crippen LogP contribution in [0.2, 0.25) is 0 Å². The number of para-hydroxylation sites is 1. The van der Waals surface area contributed by atoms with Crippen molar-refractivity contribution in [3.05, 3.63) is 101 Å². The molecule has 0 atom stereocenters. The van der Waals surface area contributed by atoms with Gasteiger partial charge in [-0.1, -0.05) is 18.2 Å². The van der Waals surface area contributed by atoms with Crippen molar-refractivity contribution in [2.75, 3.05) is 31.2 Å². The third-order valence-electron chi connectivity index (χ3n) is 7.49. The van der Waals surface area contributed by atoms with E-state index in [0.717, 1.165) is 49.6 Å². The third kappa shape index (κ3) is 4.22. The van der Waals surface area contributed by atoms with Crippen LogP contribution in [-0.2, 0) is 17.5 Å². The van der Waals surface area contributed by atoms with E-state index in [9.17, 15) is 18.0 Å². The van der Waals surface area contributed by atoms with Crippen molar-refractivity contribution in [1.82, 2.24) is 24.3 Å². The number of rotatable bonds is 5. The summed E-state index contributed by atoms with van der Waals surface area (Å²) < 4.78 is 47.6. The molecule has 202 valence electrons. The number of hydrogen-bond acceptors (Lipinski definition) is 6. The van der Waals surface area contributed by atoms with Crippen molar-refractivity contribution in [3.63, 3.8) is 0 Å². The van der Waals surface area contributed by atoms with Crippen LogP contribution in [0.4, 0.5) is 19.0 Å². The zero-order chi connectivity index (χ0) is 27.5. The van der Waals surface area contributed by atoms with Crippen molar-refractivity contribution >= 4 is 16.7 Å². The number of anilines is 1. The van der Waals surface area contributed by atoms with Gasteiger partial charge in [-0.2, -0.15) is 18.3 Å². The van der Waals surface area contributed by atoms with Gasteiger partial charge >= 0.3 is 6.18 Å². The Hall–Kier alpha value is -4.51. The second-order valence-corrected chi connectivity index (χ2v) is 10.4. The molecule has 40 heavy (non-hydrogen) atoms. The maximum Gasteiger partial charge on any atom is 0.416 e. The number of hydrogen-bond donors (Lipinski definition) is 0. The van der Waals surface area contributed by atoms with E-state index >= 15 is 0 Å². The van der Waals surface area contributed by atoms with Crippen molar-refractivity contribution in [2.45, 2.75) is 12.7 Å².